The van der Waals surface area contributed by atoms with Gasteiger partial charge in [-0.2, -0.15) is 0 Å². The van der Waals surface area contributed by atoms with E-state index in [9.17, 15) is 0 Å². The van der Waals surface area contributed by atoms with E-state index >= 15 is 0 Å². The maximum atomic E-state index is 5.91. The molecule has 1 heterocycles. The lowest BCUT2D eigenvalue weighted by Crippen LogP contribution is -2.31. The molecule has 4 rings (SSSR count). The maximum Gasteiger partial charge on any atom is 0.161 e. The summed E-state index contributed by atoms with van der Waals surface area (Å²) in [6.45, 7) is 1.47. The molecule has 22 heavy (non-hydrogen) atoms. The van der Waals surface area contributed by atoms with Crippen LogP contribution in [-0.4, -0.2) is 6.73 Å². The van der Waals surface area contributed by atoms with E-state index in [1.54, 1.807) is 0 Å². The standard InChI is InChI=1S/C20H17NO/c1-3-7-16(8-4-1)17-11-12-20-18(13-17)14-21(15-22-20)19-9-5-2-6-10-19/h1-13H,14-15H2. The molecule has 0 unspecified atom stereocenters. The fourth-order valence-electron chi connectivity index (χ4n) is 2.86. The van der Waals surface area contributed by atoms with Gasteiger partial charge in [0.05, 0.1) is 0 Å². The average molecular weight is 287 g/mol. The summed E-state index contributed by atoms with van der Waals surface area (Å²) in [6, 6.07) is 27.3. The van der Waals surface area contributed by atoms with Crippen LogP contribution in [-0.2, 0) is 6.54 Å². The quantitative estimate of drug-likeness (QED) is 0.677. The van der Waals surface area contributed by atoms with Crippen LogP contribution in [0.3, 0.4) is 0 Å². The summed E-state index contributed by atoms with van der Waals surface area (Å²) < 4.78 is 5.91. The Morgan fingerprint density at radius 2 is 1.45 bits per heavy atom. The minimum absolute atomic E-state index is 0.599. The van der Waals surface area contributed by atoms with E-state index in [-0.39, 0.29) is 0 Å². The molecule has 0 radical (unpaired) electrons. The van der Waals surface area contributed by atoms with Gasteiger partial charge in [0.1, 0.15) is 5.75 Å². The predicted molar refractivity (Wildman–Crippen MR) is 90.0 cm³/mol. The van der Waals surface area contributed by atoms with E-state index in [1.807, 2.05) is 12.1 Å². The molecule has 108 valence electrons. The molecule has 0 spiro atoms. The molecule has 0 N–H and O–H groups in total. The minimum atomic E-state index is 0.599. The molecule has 0 atom stereocenters. The fraction of sp³-hybridized carbons (Fsp3) is 0.100. The molecule has 2 heteroatoms. The van der Waals surface area contributed by atoms with Crippen LogP contribution in [0.5, 0.6) is 5.75 Å². The Labute approximate surface area is 130 Å². The molecule has 3 aromatic rings. The molecular weight excluding hydrogens is 270 g/mol. The average Bonchev–Trinajstić information content (AvgIpc) is 2.62. The van der Waals surface area contributed by atoms with Crippen LogP contribution in [0.25, 0.3) is 11.1 Å². The summed E-state index contributed by atoms with van der Waals surface area (Å²) in [6.07, 6.45) is 0. The largest absolute Gasteiger partial charge is 0.473 e. The Morgan fingerprint density at radius 1 is 0.727 bits per heavy atom. The van der Waals surface area contributed by atoms with Gasteiger partial charge in [-0.15, -0.1) is 0 Å². The summed E-state index contributed by atoms with van der Waals surface area (Å²) in [7, 11) is 0. The van der Waals surface area contributed by atoms with Gasteiger partial charge in [0.2, 0.25) is 0 Å². The predicted octanol–water partition coefficient (Wildman–Crippen LogP) is 4.71. The van der Waals surface area contributed by atoms with Crippen molar-refractivity contribution in [2.24, 2.45) is 0 Å². The second kappa shape index (κ2) is 5.57. The SMILES string of the molecule is c1ccc(-c2ccc3c(c2)CN(c2ccccc2)CO3)cc1. The van der Waals surface area contributed by atoms with Crippen LogP contribution in [0.4, 0.5) is 5.69 Å². The van der Waals surface area contributed by atoms with Crippen molar-refractivity contribution in [2.75, 3.05) is 11.6 Å². The molecule has 2 nitrogen and oxygen atoms in total. The van der Waals surface area contributed by atoms with Crippen molar-refractivity contribution >= 4 is 5.69 Å². The number of benzene rings is 3. The zero-order valence-electron chi connectivity index (χ0n) is 12.3. The Hall–Kier alpha value is -2.74. The Balaban J connectivity index is 1.66. The molecular formula is C20H17NO. The molecule has 0 amide bonds. The first-order valence-corrected chi connectivity index (χ1v) is 7.51. The lowest BCUT2D eigenvalue weighted by Gasteiger charge is -2.31. The topological polar surface area (TPSA) is 12.5 Å². The van der Waals surface area contributed by atoms with Crippen molar-refractivity contribution in [3.05, 3.63) is 84.4 Å². The monoisotopic (exact) mass is 287 g/mol. The van der Waals surface area contributed by atoms with Crippen LogP contribution in [0, 0.1) is 0 Å². The highest BCUT2D eigenvalue weighted by Gasteiger charge is 2.18. The highest BCUT2D eigenvalue weighted by molar-refractivity contribution is 5.66. The molecule has 1 aliphatic rings. The summed E-state index contributed by atoms with van der Waals surface area (Å²) in [4.78, 5) is 2.25. The number of fused-ring (bicyclic) bond motifs is 1. The summed E-state index contributed by atoms with van der Waals surface area (Å²) >= 11 is 0. The Morgan fingerprint density at radius 3 is 2.23 bits per heavy atom. The number of hydrogen-bond donors (Lipinski definition) is 0. The van der Waals surface area contributed by atoms with E-state index in [0.717, 1.165) is 12.3 Å². The molecule has 0 bridgehead atoms. The van der Waals surface area contributed by atoms with Gasteiger partial charge >= 0.3 is 0 Å². The van der Waals surface area contributed by atoms with Crippen LogP contribution in [0.2, 0.25) is 0 Å². The number of anilines is 1. The van der Waals surface area contributed by atoms with E-state index in [1.165, 1.54) is 22.4 Å². The molecule has 0 fully saturated rings. The third kappa shape index (κ3) is 2.44. The molecule has 1 aliphatic heterocycles. The lowest BCUT2D eigenvalue weighted by molar-refractivity contribution is 0.289. The highest BCUT2D eigenvalue weighted by Crippen LogP contribution is 2.32. The van der Waals surface area contributed by atoms with Crippen molar-refractivity contribution in [3.63, 3.8) is 0 Å². The summed E-state index contributed by atoms with van der Waals surface area (Å²) in [5.74, 6) is 0.992. The third-order valence-corrected chi connectivity index (χ3v) is 4.03. The third-order valence-electron chi connectivity index (χ3n) is 4.03. The first kappa shape index (κ1) is 13.0. The zero-order valence-corrected chi connectivity index (χ0v) is 12.3. The van der Waals surface area contributed by atoms with Crippen molar-refractivity contribution in [1.29, 1.82) is 0 Å². The van der Waals surface area contributed by atoms with Crippen LogP contribution in [0.1, 0.15) is 5.56 Å². The Bertz CT molecular complexity index is 768. The maximum absolute atomic E-state index is 5.91. The number of rotatable bonds is 2. The molecule has 0 saturated carbocycles. The van der Waals surface area contributed by atoms with Crippen molar-refractivity contribution in [1.82, 2.24) is 0 Å². The number of nitrogens with zero attached hydrogens (tertiary/aromatic N) is 1. The summed E-state index contributed by atoms with van der Waals surface area (Å²) in [5.41, 5.74) is 4.90. The smallest absolute Gasteiger partial charge is 0.161 e. The van der Waals surface area contributed by atoms with Gasteiger partial charge < -0.3 is 9.64 Å². The van der Waals surface area contributed by atoms with E-state index in [4.69, 9.17) is 4.74 Å². The second-order valence-corrected chi connectivity index (χ2v) is 5.50. The number of ether oxygens (including phenoxy) is 1. The van der Waals surface area contributed by atoms with E-state index in [0.29, 0.717) is 6.73 Å². The lowest BCUT2D eigenvalue weighted by atomic mass is 10.0. The van der Waals surface area contributed by atoms with Crippen LogP contribution < -0.4 is 9.64 Å². The minimum Gasteiger partial charge on any atom is -0.473 e. The van der Waals surface area contributed by atoms with Gasteiger partial charge in [0.15, 0.2) is 6.73 Å². The normalized spacial score (nSPS) is 13.4. The van der Waals surface area contributed by atoms with Crippen LogP contribution in [0.15, 0.2) is 78.9 Å². The fourth-order valence-corrected chi connectivity index (χ4v) is 2.86. The van der Waals surface area contributed by atoms with Crippen LogP contribution >= 0.6 is 0 Å². The van der Waals surface area contributed by atoms with Gasteiger partial charge in [0.25, 0.3) is 0 Å². The first-order valence-electron chi connectivity index (χ1n) is 7.51. The molecule has 0 aliphatic carbocycles. The van der Waals surface area contributed by atoms with Gasteiger partial charge in [0, 0.05) is 17.8 Å². The van der Waals surface area contributed by atoms with Crippen molar-refractivity contribution in [2.45, 2.75) is 6.54 Å². The van der Waals surface area contributed by atoms with Gasteiger partial charge in [-0.1, -0.05) is 54.6 Å². The number of para-hydroxylation sites is 1. The van der Waals surface area contributed by atoms with Gasteiger partial charge in [-0.25, -0.2) is 0 Å². The van der Waals surface area contributed by atoms with Crippen molar-refractivity contribution < 1.29 is 4.74 Å². The number of hydrogen-bond acceptors (Lipinski definition) is 2. The molecule has 3 aromatic carbocycles. The Kier molecular flexibility index (Phi) is 3.28. The van der Waals surface area contributed by atoms with Gasteiger partial charge in [-0.05, 0) is 35.4 Å². The summed E-state index contributed by atoms with van der Waals surface area (Å²) in [5, 5.41) is 0. The van der Waals surface area contributed by atoms with E-state index in [2.05, 4.69) is 71.6 Å². The van der Waals surface area contributed by atoms with E-state index < -0.39 is 0 Å². The molecule has 0 saturated heterocycles. The van der Waals surface area contributed by atoms with Gasteiger partial charge in [-0.3, -0.25) is 0 Å². The zero-order chi connectivity index (χ0) is 14.8. The van der Waals surface area contributed by atoms with Crippen molar-refractivity contribution in [3.8, 4) is 16.9 Å². The highest BCUT2D eigenvalue weighted by atomic mass is 16.5. The second-order valence-electron chi connectivity index (χ2n) is 5.50. The first-order chi connectivity index (χ1) is 10.9. The molecule has 0 aromatic heterocycles.